The molecule has 0 saturated carbocycles. The van der Waals surface area contributed by atoms with Crippen molar-refractivity contribution in [1.82, 2.24) is 10.3 Å². The van der Waals surface area contributed by atoms with E-state index in [1.54, 1.807) is 36.5 Å². The zero-order valence-corrected chi connectivity index (χ0v) is 16.7. The largest absolute Gasteiger partial charge is 0.484 e. The fourth-order valence-corrected chi connectivity index (χ4v) is 3.46. The topological polar surface area (TPSA) is 63.7 Å². The van der Waals surface area contributed by atoms with Crippen LogP contribution in [-0.2, 0) is 4.79 Å². The molecule has 0 spiro atoms. The summed E-state index contributed by atoms with van der Waals surface area (Å²) in [7, 11) is 0. The number of ether oxygens (including phenoxy) is 2. The molecule has 1 fully saturated rings. The van der Waals surface area contributed by atoms with Gasteiger partial charge in [0.05, 0.1) is 0 Å². The van der Waals surface area contributed by atoms with Gasteiger partial charge in [0, 0.05) is 37.6 Å². The van der Waals surface area contributed by atoms with Gasteiger partial charge < -0.3 is 19.7 Å². The van der Waals surface area contributed by atoms with Gasteiger partial charge in [-0.1, -0.05) is 24.3 Å². The van der Waals surface area contributed by atoms with E-state index < -0.39 is 0 Å². The first-order chi connectivity index (χ1) is 14.8. The highest BCUT2D eigenvalue weighted by Gasteiger charge is 2.22. The number of nitrogens with zero attached hydrogens (tertiary/aromatic N) is 2. The minimum Gasteiger partial charge on any atom is -0.484 e. The molecule has 1 amide bonds. The first-order valence-electron chi connectivity index (χ1n) is 10.1. The smallest absolute Gasteiger partial charge is 0.257 e. The standard InChI is InChI=1S/C24H25N3O3/c28-23(26-16-19-13-15-27(17-19)20-6-2-1-3-7-20)18-29-21-9-11-22(12-10-21)30-24-8-4-5-14-25-24/h1-12,14,19H,13,15-18H2,(H,26,28)/t19-/m1/s1. The number of rotatable bonds is 8. The molecule has 0 aliphatic carbocycles. The Kier molecular flexibility index (Phi) is 6.44. The number of para-hydroxylation sites is 1. The van der Waals surface area contributed by atoms with Gasteiger partial charge in [0.2, 0.25) is 5.88 Å². The van der Waals surface area contributed by atoms with Gasteiger partial charge in [0.1, 0.15) is 11.5 Å². The third kappa shape index (κ3) is 5.50. The van der Waals surface area contributed by atoms with Gasteiger partial charge in [-0.05, 0) is 54.8 Å². The minimum absolute atomic E-state index is 0.00440. The number of pyridine rings is 1. The Labute approximate surface area is 176 Å². The molecule has 1 saturated heterocycles. The van der Waals surface area contributed by atoms with Crippen LogP contribution in [-0.4, -0.2) is 37.1 Å². The van der Waals surface area contributed by atoms with E-state index in [-0.39, 0.29) is 12.5 Å². The number of nitrogens with one attached hydrogen (secondary N) is 1. The molecule has 1 aliphatic heterocycles. The second-order valence-electron chi connectivity index (χ2n) is 7.27. The van der Waals surface area contributed by atoms with Crippen LogP contribution in [0.4, 0.5) is 5.69 Å². The average molecular weight is 403 g/mol. The lowest BCUT2D eigenvalue weighted by atomic mass is 10.1. The molecule has 1 N–H and O–H groups in total. The number of carbonyl (C=O) groups excluding carboxylic acids is 1. The maximum atomic E-state index is 12.2. The Balaban J connectivity index is 1.17. The summed E-state index contributed by atoms with van der Waals surface area (Å²) < 4.78 is 11.2. The Morgan fingerprint density at radius 3 is 2.53 bits per heavy atom. The van der Waals surface area contributed by atoms with Gasteiger partial charge in [-0.3, -0.25) is 4.79 Å². The number of hydrogen-bond donors (Lipinski definition) is 1. The molecule has 30 heavy (non-hydrogen) atoms. The summed E-state index contributed by atoms with van der Waals surface area (Å²) in [5, 5.41) is 2.99. The molecule has 3 aromatic rings. The quantitative estimate of drug-likeness (QED) is 0.618. The van der Waals surface area contributed by atoms with E-state index >= 15 is 0 Å². The van der Waals surface area contributed by atoms with Gasteiger partial charge in [-0.15, -0.1) is 0 Å². The van der Waals surface area contributed by atoms with Crippen LogP contribution in [0.1, 0.15) is 6.42 Å². The highest BCUT2D eigenvalue weighted by atomic mass is 16.5. The van der Waals surface area contributed by atoms with Crippen LogP contribution in [0.3, 0.4) is 0 Å². The van der Waals surface area contributed by atoms with E-state index in [1.807, 2.05) is 18.2 Å². The fraction of sp³-hybridized carbons (Fsp3) is 0.250. The predicted octanol–water partition coefficient (Wildman–Crippen LogP) is 3.90. The second-order valence-corrected chi connectivity index (χ2v) is 7.27. The summed E-state index contributed by atoms with van der Waals surface area (Å²) in [5.74, 6) is 2.16. The van der Waals surface area contributed by atoms with Crippen molar-refractivity contribution in [1.29, 1.82) is 0 Å². The highest BCUT2D eigenvalue weighted by molar-refractivity contribution is 5.77. The highest BCUT2D eigenvalue weighted by Crippen LogP contribution is 2.23. The molecule has 154 valence electrons. The van der Waals surface area contributed by atoms with Crippen molar-refractivity contribution in [3.05, 3.63) is 79.0 Å². The molecule has 1 aromatic heterocycles. The first kappa shape index (κ1) is 19.8. The molecular formula is C24H25N3O3. The van der Waals surface area contributed by atoms with E-state index in [0.29, 0.717) is 29.8 Å². The molecule has 1 aliphatic rings. The van der Waals surface area contributed by atoms with Crippen molar-refractivity contribution in [3.8, 4) is 17.4 Å². The molecule has 6 heteroatoms. The normalized spacial score (nSPS) is 15.6. The SMILES string of the molecule is O=C(COc1ccc(Oc2ccccn2)cc1)NC[C@H]1CCN(c2ccccc2)C1. The Morgan fingerprint density at radius 2 is 1.77 bits per heavy atom. The van der Waals surface area contributed by atoms with E-state index in [4.69, 9.17) is 9.47 Å². The van der Waals surface area contributed by atoms with Crippen molar-refractivity contribution in [2.24, 2.45) is 5.92 Å². The van der Waals surface area contributed by atoms with Gasteiger partial charge in [0.15, 0.2) is 6.61 Å². The maximum Gasteiger partial charge on any atom is 0.257 e. The minimum atomic E-state index is -0.109. The van der Waals surface area contributed by atoms with Crippen molar-refractivity contribution < 1.29 is 14.3 Å². The lowest BCUT2D eigenvalue weighted by Gasteiger charge is -2.18. The first-order valence-corrected chi connectivity index (χ1v) is 10.1. The van der Waals surface area contributed by atoms with Crippen LogP contribution in [0.25, 0.3) is 0 Å². The van der Waals surface area contributed by atoms with Crippen molar-refractivity contribution in [2.75, 3.05) is 31.1 Å². The third-order valence-corrected chi connectivity index (χ3v) is 5.05. The van der Waals surface area contributed by atoms with Gasteiger partial charge in [-0.25, -0.2) is 4.98 Å². The number of aromatic nitrogens is 1. The van der Waals surface area contributed by atoms with E-state index in [1.165, 1.54) is 5.69 Å². The lowest BCUT2D eigenvalue weighted by molar-refractivity contribution is -0.123. The van der Waals surface area contributed by atoms with Crippen molar-refractivity contribution in [3.63, 3.8) is 0 Å². The average Bonchev–Trinajstić information content (AvgIpc) is 3.28. The second kappa shape index (κ2) is 9.78. The predicted molar refractivity (Wildman–Crippen MR) is 116 cm³/mol. The van der Waals surface area contributed by atoms with E-state index in [9.17, 15) is 4.79 Å². The molecule has 2 heterocycles. The zero-order valence-electron chi connectivity index (χ0n) is 16.7. The monoisotopic (exact) mass is 403 g/mol. The Morgan fingerprint density at radius 1 is 1.00 bits per heavy atom. The number of carbonyl (C=O) groups is 1. The molecular weight excluding hydrogens is 378 g/mol. The van der Waals surface area contributed by atoms with Crippen LogP contribution in [0.15, 0.2) is 79.0 Å². The van der Waals surface area contributed by atoms with Crippen LogP contribution < -0.4 is 19.7 Å². The molecule has 0 unspecified atom stereocenters. The van der Waals surface area contributed by atoms with Crippen molar-refractivity contribution >= 4 is 11.6 Å². The Hall–Kier alpha value is -3.54. The molecule has 1 atom stereocenters. The molecule has 0 radical (unpaired) electrons. The number of benzene rings is 2. The van der Waals surface area contributed by atoms with Crippen molar-refractivity contribution in [2.45, 2.75) is 6.42 Å². The summed E-state index contributed by atoms with van der Waals surface area (Å²) in [6.07, 6.45) is 2.75. The summed E-state index contributed by atoms with van der Waals surface area (Å²) in [4.78, 5) is 18.6. The van der Waals surface area contributed by atoms with Crippen LogP contribution in [0.2, 0.25) is 0 Å². The van der Waals surface area contributed by atoms with Gasteiger partial charge in [-0.2, -0.15) is 0 Å². The van der Waals surface area contributed by atoms with E-state index in [2.05, 4.69) is 39.5 Å². The lowest BCUT2D eigenvalue weighted by Crippen LogP contribution is -2.34. The zero-order chi connectivity index (χ0) is 20.6. The summed E-state index contributed by atoms with van der Waals surface area (Å²) in [6.45, 7) is 2.65. The Bertz CT molecular complexity index is 933. The third-order valence-electron chi connectivity index (χ3n) is 5.05. The maximum absolute atomic E-state index is 12.2. The number of anilines is 1. The van der Waals surface area contributed by atoms with Gasteiger partial charge >= 0.3 is 0 Å². The summed E-state index contributed by atoms with van der Waals surface area (Å²) >= 11 is 0. The number of hydrogen-bond acceptors (Lipinski definition) is 5. The fourth-order valence-electron chi connectivity index (χ4n) is 3.46. The molecule has 6 nitrogen and oxygen atoms in total. The van der Waals surface area contributed by atoms with Crippen LogP contribution in [0.5, 0.6) is 17.4 Å². The molecule has 0 bridgehead atoms. The summed E-state index contributed by atoms with van der Waals surface area (Å²) in [5.41, 5.74) is 1.24. The molecule has 2 aromatic carbocycles. The number of amides is 1. The molecule has 4 rings (SSSR count). The van der Waals surface area contributed by atoms with Gasteiger partial charge in [0.25, 0.3) is 5.91 Å². The van der Waals surface area contributed by atoms with Crippen LogP contribution >= 0.6 is 0 Å². The van der Waals surface area contributed by atoms with E-state index in [0.717, 1.165) is 19.5 Å². The summed E-state index contributed by atoms with van der Waals surface area (Å²) in [6, 6.07) is 23.0. The van der Waals surface area contributed by atoms with Crippen LogP contribution in [0, 0.1) is 5.92 Å².